The molecule has 1 fully saturated rings. The second-order valence-electron chi connectivity index (χ2n) is 8.24. The van der Waals surface area contributed by atoms with Gasteiger partial charge < -0.3 is 10.1 Å². The molecule has 1 N–H and O–H groups in total. The van der Waals surface area contributed by atoms with Gasteiger partial charge in [0, 0.05) is 24.2 Å². The highest BCUT2D eigenvalue weighted by Crippen LogP contribution is 2.30. The molecule has 4 rings (SSSR count). The van der Waals surface area contributed by atoms with Gasteiger partial charge in [-0.2, -0.15) is 0 Å². The van der Waals surface area contributed by atoms with E-state index in [1.807, 2.05) is 36.5 Å². The number of ether oxygens (including phenoxy) is 1. The van der Waals surface area contributed by atoms with Gasteiger partial charge in [0.25, 0.3) is 0 Å². The van der Waals surface area contributed by atoms with Gasteiger partial charge >= 0.3 is 0 Å². The van der Waals surface area contributed by atoms with Crippen molar-refractivity contribution in [3.8, 4) is 5.75 Å². The highest BCUT2D eigenvalue weighted by Gasteiger charge is 2.21. The van der Waals surface area contributed by atoms with Crippen LogP contribution in [0.5, 0.6) is 5.75 Å². The third kappa shape index (κ3) is 5.26. The quantitative estimate of drug-likeness (QED) is 0.435. The number of aromatic nitrogens is 1. The van der Waals surface area contributed by atoms with Crippen LogP contribution >= 0.6 is 23.2 Å². The number of fused-ring (bicyclic) bond motifs is 1. The number of benzene rings is 2. The largest absolute Gasteiger partial charge is 0.497 e. The molecule has 1 aliphatic rings. The van der Waals surface area contributed by atoms with Gasteiger partial charge in [-0.1, -0.05) is 29.3 Å². The first-order chi connectivity index (χ1) is 14.6. The summed E-state index contributed by atoms with van der Waals surface area (Å²) < 4.78 is 5.40. The van der Waals surface area contributed by atoms with Crippen LogP contribution in [0.3, 0.4) is 0 Å². The van der Waals surface area contributed by atoms with Crippen LogP contribution in [-0.2, 0) is 13.0 Å². The lowest BCUT2D eigenvalue weighted by atomic mass is 9.82. The zero-order valence-corrected chi connectivity index (χ0v) is 18.8. The maximum atomic E-state index is 6.12. The molecule has 0 unspecified atom stereocenters. The van der Waals surface area contributed by atoms with Crippen LogP contribution in [0.4, 0.5) is 0 Å². The SMILES string of the molecule is COc1ccc2nccc(CCC3CCC(NCc4ccc(Cl)c(Cl)c4)CC3)c2c1. The minimum absolute atomic E-state index is 0.585. The molecule has 3 aromatic rings. The Labute approximate surface area is 188 Å². The van der Waals surface area contributed by atoms with E-state index < -0.39 is 0 Å². The number of nitrogens with one attached hydrogen (secondary N) is 1. The number of aryl methyl sites for hydroxylation is 1. The van der Waals surface area contributed by atoms with Crippen molar-refractivity contribution >= 4 is 34.1 Å². The molecule has 0 bridgehead atoms. The van der Waals surface area contributed by atoms with Crippen molar-refractivity contribution in [2.24, 2.45) is 5.92 Å². The fourth-order valence-electron chi connectivity index (χ4n) is 4.45. The van der Waals surface area contributed by atoms with Crippen LogP contribution in [0.2, 0.25) is 10.0 Å². The molecule has 5 heteroatoms. The van der Waals surface area contributed by atoms with Gasteiger partial charge in [0.05, 0.1) is 22.7 Å². The Bertz CT molecular complexity index is 1000. The molecule has 1 saturated carbocycles. The van der Waals surface area contributed by atoms with E-state index in [9.17, 15) is 0 Å². The standard InChI is InChI=1S/C25H28Cl2N2O/c1-30-21-9-11-25-22(15-21)19(12-13-28-25)6-2-17-3-7-20(8-4-17)29-16-18-5-10-23(26)24(27)14-18/h5,9-15,17,20,29H,2-4,6-8,16H2,1H3. The molecule has 0 saturated heterocycles. The molecular formula is C25H28Cl2N2O. The molecule has 0 aliphatic heterocycles. The molecule has 0 radical (unpaired) electrons. The maximum Gasteiger partial charge on any atom is 0.119 e. The summed E-state index contributed by atoms with van der Waals surface area (Å²) in [6, 6.07) is 14.7. The third-order valence-corrected chi connectivity index (χ3v) is 7.03. The van der Waals surface area contributed by atoms with Crippen LogP contribution in [0.25, 0.3) is 10.9 Å². The van der Waals surface area contributed by atoms with Crippen LogP contribution in [-0.4, -0.2) is 18.1 Å². The van der Waals surface area contributed by atoms with Gasteiger partial charge in [-0.05, 0) is 92.0 Å². The normalized spacial score (nSPS) is 19.2. The average Bonchev–Trinajstić information content (AvgIpc) is 2.78. The zero-order valence-electron chi connectivity index (χ0n) is 17.3. The van der Waals surface area contributed by atoms with Gasteiger partial charge in [0.1, 0.15) is 5.75 Å². The molecule has 0 atom stereocenters. The highest BCUT2D eigenvalue weighted by molar-refractivity contribution is 6.42. The molecule has 1 heterocycles. The minimum atomic E-state index is 0.585. The van der Waals surface area contributed by atoms with Crippen LogP contribution in [0.15, 0.2) is 48.7 Å². The first-order valence-corrected chi connectivity index (χ1v) is 11.5. The van der Waals surface area contributed by atoms with E-state index in [1.165, 1.54) is 48.6 Å². The third-order valence-electron chi connectivity index (χ3n) is 6.29. The molecule has 158 valence electrons. The summed E-state index contributed by atoms with van der Waals surface area (Å²) in [5.74, 6) is 1.69. The number of hydrogen-bond acceptors (Lipinski definition) is 3. The minimum Gasteiger partial charge on any atom is -0.497 e. The van der Waals surface area contributed by atoms with Crippen LogP contribution < -0.4 is 10.1 Å². The van der Waals surface area contributed by atoms with E-state index in [0.29, 0.717) is 16.1 Å². The first kappa shape index (κ1) is 21.4. The molecule has 30 heavy (non-hydrogen) atoms. The van der Waals surface area contributed by atoms with Gasteiger partial charge in [-0.25, -0.2) is 0 Å². The predicted octanol–water partition coefficient (Wildman–Crippen LogP) is 6.83. The molecule has 0 amide bonds. The van der Waals surface area contributed by atoms with E-state index in [0.717, 1.165) is 30.1 Å². The summed E-state index contributed by atoms with van der Waals surface area (Å²) >= 11 is 12.1. The molecule has 2 aromatic carbocycles. The van der Waals surface area contributed by atoms with Crippen molar-refractivity contribution in [1.82, 2.24) is 10.3 Å². The van der Waals surface area contributed by atoms with Crippen LogP contribution in [0.1, 0.15) is 43.2 Å². The number of nitrogens with zero attached hydrogens (tertiary/aromatic N) is 1. The molecule has 1 aromatic heterocycles. The van der Waals surface area contributed by atoms with E-state index >= 15 is 0 Å². The van der Waals surface area contributed by atoms with Crippen molar-refractivity contribution in [3.63, 3.8) is 0 Å². The summed E-state index contributed by atoms with van der Waals surface area (Å²) in [6.45, 7) is 0.844. The van der Waals surface area contributed by atoms with Crippen molar-refractivity contribution in [3.05, 3.63) is 69.8 Å². The summed E-state index contributed by atoms with van der Waals surface area (Å²) in [5, 5.41) is 6.15. The lowest BCUT2D eigenvalue weighted by molar-refractivity contribution is 0.279. The van der Waals surface area contributed by atoms with Crippen molar-refractivity contribution in [2.75, 3.05) is 7.11 Å². The summed E-state index contributed by atoms with van der Waals surface area (Å²) in [4.78, 5) is 4.50. The Morgan fingerprint density at radius 3 is 2.60 bits per heavy atom. The number of rotatable bonds is 7. The van der Waals surface area contributed by atoms with Gasteiger partial charge in [-0.15, -0.1) is 0 Å². The maximum absolute atomic E-state index is 6.12. The lowest BCUT2D eigenvalue weighted by Crippen LogP contribution is -2.32. The van der Waals surface area contributed by atoms with Crippen LogP contribution in [0, 0.1) is 5.92 Å². The Hall–Kier alpha value is -1.81. The average molecular weight is 443 g/mol. The first-order valence-electron chi connectivity index (χ1n) is 10.7. The van der Waals surface area contributed by atoms with Crippen molar-refractivity contribution in [2.45, 2.75) is 51.1 Å². The summed E-state index contributed by atoms with van der Waals surface area (Å²) in [5.41, 5.74) is 3.61. The Balaban J connectivity index is 1.27. The van der Waals surface area contributed by atoms with Gasteiger partial charge in [0.2, 0.25) is 0 Å². The Kier molecular flexibility index (Phi) is 7.14. The van der Waals surface area contributed by atoms with E-state index in [1.54, 1.807) is 7.11 Å². The second-order valence-corrected chi connectivity index (χ2v) is 9.05. The van der Waals surface area contributed by atoms with E-state index in [-0.39, 0.29) is 0 Å². The van der Waals surface area contributed by atoms with E-state index in [2.05, 4.69) is 22.4 Å². The Morgan fingerprint density at radius 2 is 1.83 bits per heavy atom. The van der Waals surface area contributed by atoms with Crippen molar-refractivity contribution < 1.29 is 4.74 Å². The molecule has 0 spiro atoms. The predicted molar refractivity (Wildman–Crippen MR) is 126 cm³/mol. The number of hydrogen-bond donors (Lipinski definition) is 1. The van der Waals surface area contributed by atoms with Gasteiger partial charge in [0.15, 0.2) is 0 Å². The second kappa shape index (κ2) is 10.00. The van der Waals surface area contributed by atoms with Crippen molar-refractivity contribution in [1.29, 1.82) is 0 Å². The molecule has 1 aliphatic carbocycles. The number of halogens is 2. The summed E-state index contributed by atoms with van der Waals surface area (Å²) in [6.07, 6.45) is 9.28. The summed E-state index contributed by atoms with van der Waals surface area (Å²) in [7, 11) is 1.71. The molecule has 3 nitrogen and oxygen atoms in total. The highest BCUT2D eigenvalue weighted by atomic mass is 35.5. The lowest BCUT2D eigenvalue weighted by Gasteiger charge is -2.29. The number of pyridine rings is 1. The van der Waals surface area contributed by atoms with Gasteiger partial charge in [-0.3, -0.25) is 4.98 Å². The fourth-order valence-corrected chi connectivity index (χ4v) is 4.77. The Morgan fingerprint density at radius 1 is 1.00 bits per heavy atom. The topological polar surface area (TPSA) is 34.1 Å². The smallest absolute Gasteiger partial charge is 0.119 e. The molecular weight excluding hydrogens is 415 g/mol. The fraction of sp³-hybridized carbons (Fsp3) is 0.400. The zero-order chi connectivity index (χ0) is 20.9. The monoisotopic (exact) mass is 442 g/mol. The van der Waals surface area contributed by atoms with E-state index in [4.69, 9.17) is 27.9 Å². The number of methoxy groups -OCH3 is 1.